The van der Waals surface area contributed by atoms with Crippen LogP contribution in [0.3, 0.4) is 0 Å². The highest BCUT2D eigenvalue weighted by molar-refractivity contribution is 8.00. The topological polar surface area (TPSA) is 92.7 Å². The molecule has 1 amide bonds. The van der Waals surface area contributed by atoms with Crippen LogP contribution in [0.1, 0.15) is 6.92 Å². The van der Waals surface area contributed by atoms with Crippen molar-refractivity contribution in [3.05, 3.63) is 0 Å². The monoisotopic (exact) mass is 235 g/mol. The Morgan fingerprint density at radius 2 is 2.00 bits per heavy atom. The van der Waals surface area contributed by atoms with Gasteiger partial charge in [-0.25, -0.2) is 4.79 Å². The molecule has 0 rings (SSSR count). The van der Waals surface area contributed by atoms with Gasteiger partial charge in [0, 0.05) is 0 Å². The molecule has 0 unspecified atom stereocenters. The Hall–Kier alpha value is -1.24. The number of rotatable bonds is 6. The van der Waals surface area contributed by atoms with Crippen LogP contribution < -0.4 is 5.32 Å². The third kappa shape index (κ3) is 6.78. The largest absolute Gasteiger partial charge is 0.481 e. The lowest BCUT2D eigenvalue weighted by atomic mass is 10.3. The summed E-state index contributed by atoms with van der Waals surface area (Å²) in [5.41, 5.74) is 0. The molecule has 7 heteroatoms. The lowest BCUT2D eigenvalue weighted by Crippen LogP contribution is -2.40. The maximum atomic E-state index is 11.1. The van der Waals surface area contributed by atoms with Gasteiger partial charge in [-0.05, 0) is 6.92 Å². The van der Waals surface area contributed by atoms with E-state index >= 15 is 0 Å². The van der Waals surface area contributed by atoms with E-state index in [1.165, 1.54) is 14.0 Å². The van der Waals surface area contributed by atoms with E-state index < -0.39 is 18.0 Å². The Kier molecular flexibility index (Phi) is 6.52. The summed E-state index contributed by atoms with van der Waals surface area (Å²) < 4.78 is 4.40. The summed E-state index contributed by atoms with van der Waals surface area (Å²) in [7, 11) is 1.23. The number of aliphatic carboxylic acids is 1. The quantitative estimate of drug-likeness (QED) is 0.602. The van der Waals surface area contributed by atoms with Crippen molar-refractivity contribution in [1.82, 2.24) is 5.32 Å². The number of amides is 1. The molecule has 0 radical (unpaired) electrons. The lowest BCUT2D eigenvalue weighted by molar-refractivity contribution is -0.144. The van der Waals surface area contributed by atoms with Gasteiger partial charge in [0.25, 0.3) is 0 Å². The molecule has 0 saturated heterocycles. The molecule has 0 aliphatic rings. The lowest BCUT2D eigenvalue weighted by Gasteiger charge is -2.10. The first kappa shape index (κ1) is 13.8. The van der Waals surface area contributed by atoms with Gasteiger partial charge in [-0.2, -0.15) is 0 Å². The maximum absolute atomic E-state index is 11.1. The first-order valence-corrected chi connectivity index (χ1v) is 5.29. The van der Waals surface area contributed by atoms with Crippen LogP contribution in [-0.4, -0.2) is 47.6 Å². The molecule has 0 spiro atoms. The number of nitrogens with one attached hydrogen (secondary N) is 1. The molecule has 6 nitrogen and oxygen atoms in total. The van der Waals surface area contributed by atoms with E-state index in [1.807, 2.05) is 0 Å². The Balaban J connectivity index is 3.74. The number of carboxylic acids is 1. The van der Waals surface area contributed by atoms with Gasteiger partial charge in [-0.1, -0.05) is 0 Å². The first-order valence-electron chi connectivity index (χ1n) is 4.14. The molecule has 0 aliphatic carbocycles. The predicted molar refractivity (Wildman–Crippen MR) is 54.6 cm³/mol. The average Bonchev–Trinajstić information content (AvgIpc) is 2.15. The van der Waals surface area contributed by atoms with Crippen molar-refractivity contribution in [3.8, 4) is 0 Å². The van der Waals surface area contributed by atoms with Crippen molar-refractivity contribution < 1.29 is 24.2 Å². The normalized spacial score (nSPS) is 11.6. The number of hydrogen-bond acceptors (Lipinski definition) is 5. The Morgan fingerprint density at radius 1 is 1.40 bits per heavy atom. The Bertz CT molecular complexity index is 255. The third-order valence-corrected chi connectivity index (χ3v) is 2.31. The molecule has 0 saturated carbocycles. The minimum absolute atomic E-state index is 0.00757. The molecular weight excluding hydrogens is 222 g/mol. The number of carboxylic acid groups (broad SMARTS) is 1. The van der Waals surface area contributed by atoms with E-state index in [0.717, 1.165) is 11.8 Å². The Labute approximate surface area is 91.4 Å². The van der Waals surface area contributed by atoms with Crippen LogP contribution in [0.25, 0.3) is 0 Å². The fourth-order valence-electron chi connectivity index (χ4n) is 0.750. The fraction of sp³-hybridized carbons (Fsp3) is 0.625. The number of carbonyl (C=O) groups excluding carboxylic acids is 2. The molecule has 0 aromatic carbocycles. The van der Waals surface area contributed by atoms with Crippen LogP contribution in [-0.2, 0) is 19.1 Å². The highest BCUT2D eigenvalue weighted by Gasteiger charge is 2.15. The van der Waals surface area contributed by atoms with Gasteiger partial charge >= 0.3 is 11.9 Å². The van der Waals surface area contributed by atoms with Crippen LogP contribution in [0.15, 0.2) is 0 Å². The van der Waals surface area contributed by atoms with Crippen LogP contribution >= 0.6 is 11.8 Å². The zero-order chi connectivity index (χ0) is 11.8. The van der Waals surface area contributed by atoms with Gasteiger partial charge in [-0.3, -0.25) is 9.59 Å². The zero-order valence-electron chi connectivity index (χ0n) is 8.48. The van der Waals surface area contributed by atoms with E-state index in [4.69, 9.17) is 5.11 Å². The highest BCUT2D eigenvalue weighted by Crippen LogP contribution is 1.98. The second kappa shape index (κ2) is 7.10. The van der Waals surface area contributed by atoms with Crippen LogP contribution in [0.5, 0.6) is 0 Å². The minimum atomic E-state index is -0.978. The maximum Gasteiger partial charge on any atom is 0.328 e. The standard InChI is InChI=1S/C8H13NO5S/c1-5(8(13)14-2)9-6(10)3-15-4-7(11)12/h5H,3-4H2,1-2H3,(H,9,10)(H,11,12)/t5-/m0/s1. The summed E-state index contributed by atoms with van der Waals surface area (Å²) in [5, 5.41) is 10.7. The van der Waals surface area contributed by atoms with Crippen molar-refractivity contribution in [2.24, 2.45) is 0 Å². The fourth-order valence-corrected chi connectivity index (χ4v) is 1.30. The molecule has 0 fully saturated rings. The number of methoxy groups -OCH3 is 1. The second-order valence-electron chi connectivity index (χ2n) is 2.70. The second-order valence-corrected chi connectivity index (χ2v) is 3.68. The van der Waals surface area contributed by atoms with Crippen molar-refractivity contribution in [2.75, 3.05) is 18.6 Å². The van der Waals surface area contributed by atoms with Gasteiger partial charge in [0.1, 0.15) is 6.04 Å². The van der Waals surface area contributed by atoms with Crippen LogP contribution in [0.4, 0.5) is 0 Å². The molecule has 2 N–H and O–H groups in total. The van der Waals surface area contributed by atoms with E-state index in [1.54, 1.807) is 0 Å². The molecule has 15 heavy (non-hydrogen) atoms. The van der Waals surface area contributed by atoms with Gasteiger partial charge in [0.15, 0.2) is 0 Å². The van der Waals surface area contributed by atoms with E-state index in [0.29, 0.717) is 0 Å². The van der Waals surface area contributed by atoms with Gasteiger partial charge in [0.05, 0.1) is 18.6 Å². The molecule has 0 heterocycles. The number of thioether (sulfide) groups is 1. The van der Waals surface area contributed by atoms with E-state index in [9.17, 15) is 14.4 Å². The van der Waals surface area contributed by atoms with Crippen molar-refractivity contribution >= 4 is 29.6 Å². The van der Waals surface area contributed by atoms with Crippen LogP contribution in [0, 0.1) is 0 Å². The predicted octanol–water partition coefficient (Wildman–Crippen LogP) is -0.518. The number of hydrogen-bond donors (Lipinski definition) is 2. The zero-order valence-corrected chi connectivity index (χ0v) is 9.30. The molecule has 0 aromatic rings. The summed E-state index contributed by atoms with van der Waals surface area (Å²) >= 11 is 0.967. The molecule has 0 aromatic heterocycles. The summed E-state index contributed by atoms with van der Waals surface area (Å²) in [4.78, 5) is 32.1. The van der Waals surface area contributed by atoms with Crippen molar-refractivity contribution in [2.45, 2.75) is 13.0 Å². The SMILES string of the molecule is COC(=O)[C@H](C)NC(=O)CSCC(=O)O. The summed E-state index contributed by atoms with van der Waals surface area (Å²) in [6.45, 7) is 1.49. The molecule has 1 atom stereocenters. The van der Waals surface area contributed by atoms with E-state index in [-0.39, 0.29) is 17.4 Å². The Morgan fingerprint density at radius 3 is 2.47 bits per heavy atom. The smallest absolute Gasteiger partial charge is 0.328 e. The average molecular weight is 235 g/mol. The highest BCUT2D eigenvalue weighted by atomic mass is 32.2. The first-order chi connectivity index (χ1) is 6.97. The summed E-state index contributed by atoms with van der Waals surface area (Å²) in [6, 6.07) is -0.715. The number of carbonyl (C=O) groups is 3. The van der Waals surface area contributed by atoms with Crippen molar-refractivity contribution in [3.63, 3.8) is 0 Å². The molecule has 86 valence electrons. The van der Waals surface area contributed by atoms with Gasteiger partial charge in [0.2, 0.25) is 5.91 Å². The third-order valence-electron chi connectivity index (χ3n) is 1.39. The van der Waals surface area contributed by atoms with Gasteiger partial charge in [-0.15, -0.1) is 11.8 Å². The molecule has 0 bridgehead atoms. The summed E-state index contributed by atoms with van der Waals surface area (Å²) in [5.74, 6) is -2.03. The molecule has 0 aliphatic heterocycles. The molecular formula is C8H13NO5S. The van der Waals surface area contributed by atoms with Gasteiger partial charge < -0.3 is 15.2 Å². The minimum Gasteiger partial charge on any atom is -0.481 e. The number of ether oxygens (including phenoxy) is 1. The summed E-state index contributed by atoms with van der Waals surface area (Å²) in [6.07, 6.45) is 0. The van der Waals surface area contributed by atoms with Crippen molar-refractivity contribution in [1.29, 1.82) is 0 Å². The number of esters is 1. The van der Waals surface area contributed by atoms with E-state index in [2.05, 4.69) is 10.1 Å². The van der Waals surface area contributed by atoms with Crippen LogP contribution in [0.2, 0.25) is 0 Å².